The molecule has 5 rings (SSSR count). The van der Waals surface area contributed by atoms with E-state index in [0.717, 1.165) is 4.47 Å². The van der Waals surface area contributed by atoms with Crippen LogP contribution in [0.15, 0.2) is 53.5 Å². The normalized spacial score (nSPS) is 17.4. The number of amides is 2. The van der Waals surface area contributed by atoms with Crippen LogP contribution in [0.5, 0.6) is 11.5 Å². The lowest BCUT2D eigenvalue weighted by molar-refractivity contribution is -0.122. The summed E-state index contributed by atoms with van der Waals surface area (Å²) in [5, 5.41) is 7.06. The Morgan fingerprint density at radius 3 is 2.87 bits per heavy atom. The summed E-state index contributed by atoms with van der Waals surface area (Å²) in [7, 11) is 0. The maximum atomic E-state index is 13.0. The Morgan fingerprint density at radius 1 is 1.17 bits per heavy atom. The Bertz CT molecular complexity index is 1130. The number of halogens is 1. The van der Waals surface area contributed by atoms with Gasteiger partial charge in [-0.3, -0.25) is 9.59 Å². The summed E-state index contributed by atoms with van der Waals surface area (Å²) in [5.41, 5.74) is 1.94. The molecule has 152 valence electrons. The van der Waals surface area contributed by atoms with Crippen LogP contribution in [0.2, 0.25) is 0 Å². The summed E-state index contributed by atoms with van der Waals surface area (Å²) < 4.78 is 13.1. The average Bonchev–Trinajstić information content (AvgIpc) is 3.48. The van der Waals surface area contributed by atoms with E-state index in [1.807, 2.05) is 12.1 Å². The SMILES string of the molecule is O=C(Nc1cc(Br)ccc1-n1cncn1)C1CC(=O)N(c2ccc3c(c2)OCO3)C1. The van der Waals surface area contributed by atoms with Crippen molar-refractivity contribution in [3.63, 3.8) is 0 Å². The molecule has 1 saturated heterocycles. The molecule has 2 aliphatic rings. The molecular weight excluding hydrogens is 454 g/mol. The van der Waals surface area contributed by atoms with Gasteiger partial charge in [-0.1, -0.05) is 15.9 Å². The lowest BCUT2D eigenvalue weighted by Gasteiger charge is -2.17. The van der Waals surface area contributed by atoms with Crippen LogP contribution in [0.1, 0.15) is 6.42 Å². The van der Waals surface area contributed by atoms with E-state index in [4.69, 9.17) is 9.47 Å². The molecular formula is C20H16BrN5O4. The lowest BCUT2D eigenvalue weighted by Crippen LogP contribution is -2.28. The van der Waals surface area contributed by atoms with Crippen molar-refractivity contribution >= 4 is 39.1 Å². The van der Waals surface area contributed by atoms with Gasteiger partial charge in [0.1, 0.15) is 12.7 Å². The van der Waals surface area contributed by atoms with Gasteiger partial charge in [0.2, 0.25) is 18.6 Å². The zero-order valence-electron chi connectivity index (χ0n) is 15.6. The fraction of sp³-hybridized carbons (Fsp3) is 0.200. The van der Waals surface area contributed by atoms with Crippen LogP contribution in [0.25, 0.3) is 5.69 Å². The van der Waals surface area contributed by atoms with Crippen LogP contribution in [0.3, 0.4) is 0 Å². The van der Waals surface area contributed by atoms with Crippen LogP contribution < -0.4 is 19.7 Å². The lowest BCUT2D eigenvalue weighted by atomic mass is 10.1. The van der Waals surface area contributed by atoms with Gasteiger partial charge in [0.15, 0.2) is 11.5 Å². The third kappa shape index (κ3) is 3.39. The molecule has 0 saturated carbocycles. The van der Waals surface area contributed by atoms with Gasteiger partial charge in [-0.15, -0.1) is 0 Å². The molecule has 1 unspecified atom stereocenters. The fourth-order valence-electron chi connectivity index (χ4n) is 3.56. The number of fused-ring (bicyclic) bond motifs is 1. The molecule has 0 spiro atoms. The second-order valence-electron chi connectivity index (χ2n) is 6.93. The van der Waals surface area contributed by atoms with Gasteiger partial charge in [-0.2, -0.15) is 5.10 Å². The Hall–Kier alpha value is -3.40. The quantitative estimate of drug-likeness (QED) is 0.630. The van der Waals surface area contributed by atoms with E-state index in [1.165, 1.54) is 6.33 Å². The number of nitrogens with zero attached hydrogens (tertiary/aromatic N) is 4. The summed E-state index contributed by atoms with van der Waals surface area (Å²) in [5.74, 6) is 0.422. The molecule has 30 heavy (non-hydrogen) atoms. The largest absolute Gasteiger partial charge is 0.454 e. The number of carbonyl (C=O) groups excluding carboxylic acids is 2. The minimum atomic E-state index is -0.481. The van der Waals surface area contributed by atoms with E-state index in [2.05, 4.69) is 31.3 Å². The fourth-order valence-corrected chi connectivity index (χ4v) is 3.92. The molecule has 0 radical (unpaired) electrons. The van der Waals surface area contributed by atoms with E-state index in [-0.39, 0.29) is 31.6 Å². The second kappa shape index (κ2) is 7.45. The monoisotopic (exact) mass is 469 g/mol. The number of hydrogen-bond donors (Lipinski definition) is 1. The smallest absolute Gasteiger partial charge is 0.231 e. The van der Waals surface area contributed by atoms with E-state index in [0.29, 0.717) is 28.6 Å². The first-order valence-electron chi connectivity index (χ1n) is 9.24. The molecule has 1 atom stereocenters. The van der Waals surface area contributed by atoms with E-state index >= 15 is 0 Å². The van der Waals surface area contributed by atoms with Crippen LogP contribution in [-0.4, -0.2) is 39.9 Å². The number of ether oxygens (including phenoxy) is 2. The zero-order chi connectivity index (χ0) is 20.7. The van der Waals surface area contributed by atoms with Crippen molar-refractivity contribution in [2.24, 2.45) is 5.92 Å². The predicted molar refractivity (Wildman–Crippen MR) is 111 cm³/mol. The molecule has 2 aromatic carbocycles. The summed E-state index contributed by atoms with van der Waals surface area (Å²) in [6.45, 7) is 0.454. The van der Waals surface area contributed by atoms with Crippen molar-refractivity contribution in [2.75, 3.05) is 23.6 Å². The number of anilines is 2. The first-order valence-corrected chi connectivity index (χ1v) is 10.0. The minimum absolute atomic E-state index is 0.111. The highest BCUT2D eigenvalue weighted by molar-refractivity contribution is 9.10. The number of nitrogens with one attached hydrogen (secondary N) is 1. The van der Waals surface area contributed by atoms with Gasteiger partial charge in [0.05, 0.1) is 17.3 Å². The molecule has 0 bridgehead atoms. The predicted octanol–water partition coefficient (Wildman–Crippen LogP) is 2.75. The average molecular weight is 470 g/mol. The zero-order valence-corrected chi connectivity index (χ0v) is 17.2. The van der Waals surface area contributed by atoms with Crippen molar-refractivity contribution in [3.8, 4) is 17.2 Å². The molecule has 1 fully saturated rings. The number of hydrogen-bond acceptors (Lipinski definition) is 6. The van der Waals surface area contributed by atoms with Gasteiger partial charge in [-0.05, 0) is 30.3 Å². The van der Waals surface area contributed by atoms with Gasteiger partial charge >= 0.3 is 0 Å². The molecule has 3 aromatic rings. The molecule has 10 heteroatoms. The van der Waals surface area contributed by atoms with Gasteiger partial charge in [-0.25, -0.2) is 9.67 Å². The second-order valence-corrected chi connectivity index (χ2v) is 7.85. The first kappa shape index (κ1) is 18.6. The standard InChI is InChI=1S/C20H16BrN5O4/c21-13-1-3-16(26-10-22-9-23-26)15(6-13)24-20(28)12-5-19(27)25(8-12)14-2-4-17-18(7-14)30-11-29-17/h1-4,6-7,9-10,12H,5,8,11H2,(H,24,28). The summed E-state index contributed by atoms with van der Waals surface area (Å²) in [6, 6.07) is 10.8. The van der Waals surface area contributed by atoms with Crippen LogP contribution in [-0.2, 0) is 9.59 Å². The molecule has 1 aromatic heterocycles. The van der Waals surface area contributed by atoms with Crippen LogP contribution in [0, 0.1) is 5.92 Å². The number of rotatable bonds is 4. The van der Waals surface area contributed by atoms with Gasteiger partial charge in [0.25, 0.3) is 0 Å². The molecule has 3 heterocycles. The summed E-state index contributed by atoms with van der Waals surface area (Å²) >= 11 is 3.43. The maximum absolute atomic E-state index is 13.0. The third-order valence-electron chi connectivity index (χ3n) is 5.05. The summed E-state index contributed by atoms with van der Waals surface area (Å²) in [4.78, 5) is 31.1. The van der Waals surface area contributed by atoms with Crippen molar-refractivity contribution in [2.45, 2.75) is 6.42 Å². The van der Waals surface area contributed by atoms with Crippen molar-refractivity contribution in [1.82, 2.24) is 14.8 Å². The topological polar surface area (TPSA) is 98.6 Å². The van der Waals surface area contributed by atoms with Crippen molar-refractivity contribution < 1.29 is 19.1 Å². The molecule has 2 amide bonds. The summed E-state index contributed by atoms with van der Waals surface area (Å²) in [6.07, 6.45) is 3.11. The Labute approximate surface area is 179 Å². The van der Waals surface area contributed by atoms with Crippen molar-refractivity contribution in [1.29, 1.82) is 0 Å². The molecule has 1 N–H and O–H groups in total. The molecule has 0 aliphatic carbocycles. The first-order chi connectivity index (χ1) is 14.6. The van der Waals surface area contributed by atoms with Crippen LogP contribution >= 0.6 is 15.9 Å². The third-order valence-corrected chi connectivity index (χ3v) is 5.54. The minimum Gasteiger partial charge on any atom is -0.454 e. The van der Waals surface area contributed by atoms with E-state index in [9.17, 15) is 9.59 Å². The van der Waals surface area contributed by atoms with Crippen LogP contribution in [0.4, 0.5) is 11.4 Å². The maximum Gasteiger partial charge on any atom is 0.231 e. The van der Waals surface area contributed by atoms with Crippen molar-refractivity contribution in [3.05, 3.63) is 53.5 Å². The number of carbonyl (C=O) groups is 2. The molecule has 9 nitrogen and oxygen atoms in total. The van der Waals surface area contributed by atoms with E-state index in [1.54, 1.807) is 40.2 Å². The van der Waals surface area contributed by atoms with Gasteiger partial charge < -0.3 is 19.7 Å². The Morgan fingerprint density at radius 2 is 2.03 bits per heavy atom. The highest BCUT2D eigenvalue weighted by Gasteiger charge is 2.36. The highest BCUT2D eigenvalue weighted by Crippen LogP contribution is 2.37. The number of aromatic nitrogens is 3. The van der Waals surface area contributed by atoms with Gasteiger partial charge in [0, 0.05) is 29.2 Å². The number of benzene rings is 2. The molecule has 2 aliphatic heterocycles. The Kier molecular flexibility index (Phi) is 4.62. The Balaban J connectivity index is 1.35. The van der Waals surface area contributed by atoms with E-state index < -0.39 is 5.92 Å². The highest BCUT2D eigenvalue weighted by atomic mass is 79.9.